The van der Waals surface area contributed by atoms with Gasteiger partial charge in [0.1, 0.15) is 11.7 Å². The minimum atomic E-state index is -1.04. The first kappa shape index (κ1) is 23.5. The number of nitrogens with zero attached hydrogens (tertiary/aromatic N) is 6. The van der Waals surface area contributed by atoms with Gasteiger partial charge >= 0.3 is 0 Å². The highest BCUT2D eigenvalue weighted by Gasteiger charge is 2.39. The van der Waals surface area contributed by atoms with Crippen molar-refractivity contribution in [1.29, 1.82) is 0 Å². The zero-order valence-electron chi connectivity index (χ0n) is 20.3. The van der Waals surface area contributed by atoms with Gasteiger partial charge in [-0.3, -0.25) is 14.2 Å². The number of fused-ring (bicyclic) bond motifs is 1. The molecule has 2 aliphatic rings. The third kappa shape index (κ3) is 4.81. The molecule has 0 spiro atoms. The van der Waals surface area contributed by atoms with Crippen molar-refractivity contribution in [3.8, 4) is 5.69 Å². The summed E-state index contributed by atoms with van der Waals surface area (Å²) in [5.41, 5.74) is 1.06. The fraction of sp³-hybridized carbons (Fsp3) is 0.520. The van der Waals surface area contributed by atoms with Crippen molar-refractivity contribution < 1.29 is 14.6 Å². The molecule has 2 fully saturated rings. The Balaban J connectivity index is 1.31. The molecule has 0 bridgehead atoms. The molecule has 1 N–H and O–H groups in total. The molecule has 1 aliphatic heterocycles. The van der Waals surface area contributed by atoms with Gasteiger partial charge in [0.25, 0.3) is 5.56 Å². The van der Waals surface area contributed by atoms with Gasteiger partial charge in [-0.15, -0.1) is 0 Å². The van der Waals surface area contributed by atoms with Crippen molar-refractivity contribution in [3.05, 3.63) is 47.1 Å². The van der Waals surface area contributed by atoms with Crippen LogP contribution in [0.5, 0.6) is 0 Å². The highest BCUT2D eigenvalue weighted by molar-refractivity contribution is 5.81. The summed E-state index contributed by atoms with van der Waals surface area (Å²) < 4.78 is 8.25. The van der Waals surface area contributed by atoms with Gasteiger partial charge in [0.15, 0.2) is 5.65 Å². The summed E-state index contributed by atoms with van der Waals surface area (Å²) in [6, 6.07) is 7.88. The van der Waals surface area contributed by atoms with Crippen LogP contribution in [0, 0.1) is 5.92 Å². The van der Waals surface area contributed by atoms with Gasteiger partial charge in [-0.05, 0) is 49.9 Å². The summed E-state index contributed by atoms with van der Waals surface area (Å²) in [7, 11) is 3.69. The lowest BCUT2D eigenvalue weighted by molar-refractivity contribution is -0.137. The molecule has 5 rings (SSSR count). The summed E-state index contributed by atoms with van der Waals surface area (Å²) in [5, 5.41) is 15.9. The molecule has 1 aliphatic carbocycles. The monoisotopic (exact) mass is 480 g/mol. The van der Waals surface area contributed by atoms with Crippen LogP contribution in [0.15, 0.2) is 41.6 Å². The van der Waals surface area contributed by atoms with Crippen LogP contribution in [0.4, 0.5) is 5.69 Å². The highest BCUT2D eigenvalue weighted by Crippen LogP contribution is 2.33. The Bertz CT molecular complexity index is 1260. The third-order valence-electron chi connectivity index (χ3n) is 7.12. The number of hydrogen-bond acceptors (Lipinski definition) is 7. The minimum absolute atomic E-state index is 0.147. The summed E-state index contributed by atoms with van der Waals surface area (Å²) in [6.45, 7) is 2.61. The molecule has 10 nitrogen and oxygen atoms in total. The standard InChI is InChI=1S/C25H32N6O4/c1-28(13-14-35-2)19-5-7-20(8-6-19)31-22-21(15-27-31)24(33)30(17-26-22)16-25(34)9-11-29(12-10-25)23(32)18-3-4-18/h5-8,15,17-18,34H,3-4,9-14,16H2,1-2H3. The van der Waals surface area contributed by atoms with Gasteiger partial charge in [0.05, 0.1) is 30.6 Å². The molecule has 1 saturated heterocycles. The molecule has 186 valence electrons. The molecule has 3 heterocycles. The number of methoxy groups -OCH3 is 1. The topological polar surface area (TPSA) is 106 Å². The van der Waals surface area contributed by atoms with E-state index < -0.39 is 5.60 Å². The van der Waals surface area contributed by atoms with Gasteiger partial charge in [-0.1, -0.05) is 0 Å². The van der Waals surface area contributed by atoms with Gasteiger partial charge in [0.2, 0.25) is 5.91 Å². The number of piperidine rings is 1. The van der Waals surface area contributed by atoms with E-state index in [0.29, 0.717) is 43.6 Å². The number of likely N-dealkylation sites (tertiary alicyclic amines) is 1. The minimum Gasteiger partial charge on any atom is -0.388 e. The number of rotatable bonds is 8. The van der Waals surface area contributed by atoms with E-state index in [1.54, 1.807) is 11.8 Å². The lowest BCUT2D eigenvalue weighted by Gasteiger charge is -2.38. The van der Waals surface area contributed by atoms with Crippen molar-refractivity contribution in [2.75, 3.05) is 45.3 Å². The maximum Gasteiger partial charge on any atom is 0.264 e. The second-order valence-electron chi connectivity index (χ2n) is 9.73. The largest absolute Gasteiger partial charge is 0.388 e. The molecule has 35 heavy (non-hydrogen) atoms. The molecule has 3 aromatic rings. The SMILES string of the molecule is COCCN(C)c1ccc(-n2ncc3c(=O)n(CC4(O)CCN(C(=O)C5CC5)CC4)cnc32)cc1. The van der Waals surface area contributed by atoms with Crippen molar-refractivity contribution in [1.82, 2.24) is 24.2 Å². The third-order valence-corrected chi connectivity index (χ3v) is 7.12. The average molecular weight is 481 g/mol. The summed E-state index contributed by atoms with van der Waals surface area (Å²) in [5.74, 6) is 0.383. The Kier molecular flexibility index (Phi) is 6.33. The Morgan fingerprint density at radius 1 is 1.23 bits per heavy atom. The van der Waals surface area contributed by atoms with Crippen LogP contribution in [0.25, 0.3) is 16.7 Å². The predicted molar refractivity (Wildman–Crippen MR) is 132 cm³/mol. The van der Waals surface area contributed by atoms with Crippen molar-refractivity contribution in [3.63, 3.8) is 0 Å². The second-order valence-corrected chi connectivity index (χ2v) is 9.73. The first-order valence-corrected chi connectivity index (χ1v) is 12.1. The van der Waals surface area contributed by atoms with Crippen LogP contribution < -0.4 is 10.5 Å². The number of anilines is 1. The number of aliphatic hydroxyl groups is 1. The lowest BCUT2D eigenvalue weighted by atomic mass is 9.91. The Morgan fingerprint density at radius 3 is 2.60 bits per heavy atom. The number of hydrogen-bond donors (Lipinski definition) is 1. The molecule has 0 atom stereocenters. The number of ether oxygens (including phenoxy) is 1. The number of likely N-dealkylation sites (N-methyl/N-ethyl adjacent to an activating group) is 1. The molecule has 0 radical (unpaired) electrons. The first-order valence-electron chi connectivity index (χ1n) is 12.1. The maximum absolute atomic E-state index is 13.2. The number of aromatic nitrogens is 4. The van der Waals surface area contributed by atoms with Crippen LogP contribution in [0.1, 0.15) is 25.7 Å². The van der Waals surface area contributed by atoms with Crippen molar-refractivity contribution in [2.24, 2.45) is 5.92 Å². The number of carbonyl (C=O) groups excluding carboxylic acids is 1. The second kappa shape index (κ2) is 9.43. The van der Waals surface area contributed by atoms with E-state index in [4.69, 9.17) is 4.74 Å². The fourth-order valence-electron chi connectivity index (χ4n) is 4.66. The number of amides is 1. The van der Waals surface area contributed by atoms with Crippen LogP contribution in [-0.4, -0.2) is 81.2 Å². The van der Waals surface area contributed by atoms with E-state index in [0.717, 1.165) is 30.8 Å². The Morgan fingerprint density at radius 2 is 1.94 bits per heavy atom. The predicted octanol–water partition coefficient (Wildman–Crippen LogP) is 1.43. The molecular formula is C25H32N6O4. The van der Waals surface area contributed by atoms with Gasteiger partial charge in [-0.25, -0.2) is 9.67 Å². The summed E-state index contributed by atoms with van der Waals surface area (Å²) in [6.07, 6.45) is 5.85. The van der Waals surface area contributed by atoms with Crippen LogP contribution in [0.2, 0.25) is 0 Å². The first-order chi connectivity index (χ1) is 16.9. The van der Waals surface area contributed by atoms with E-state index in [1.807, 2.05) is 36.2 Å². The zero-order valence-corrected chi connectivity index (χ0v) is 20.3. The lowest BCUT2D eigenvalue weighted by Crippen LogP contribution is -2.50. The molecular weight excluding hydrogens is 448 g/mol. The molecule has 10 heteroatoms. The molecule has 1 aromatic carbocycles. The fourth-order valence-corrected chi connectivity index (χ4v) is 4.66. The van der Waals surface area contributed by atoms with Gasteiger partial charge < -0.3 is 19.6 Å². The average Bonchev–Trinajstić information content (AvgIpc) is 3.63. The van der Waals surface area contributed by atoms with E-state index in [9.17, 15) is 14.7 Å². The van der Waals surface area contributed by atoms with Crippen molar-refractivity contribution in [2.45, 2.75) is 37.8 Å². The molecule has 0 unspecified atom stereocenters. The smallest absolute Gasteiger partial charge is 0.264 e. The number of carbonyl (C=O) groups is 1. The maximum atomic E-state index is 13.2. The van der Waals surface area contributed by atoms with E-state index >= 15 is 0 Å². The van der Waals surface area contributed by atoms with Crippen LogP contribution >= 0.6 is 0 Å². The van der Waals surface area contributed by atoms with E-state index in [1.165, 1.54) is 17.1 Å². The Labute approximate surface area is 203 Å². The van der Waals surface area contributed by atoms with Crippen LogP contribution in [-0.2, 0) is 16.1 Å². The molecule has 1 amide bonds. The van der Waals surface area contributed by atoms with E-state index in [-0.39, 0.29) is 23.9 Å². The molecule has 2 aromatic heterocycles. The quantitative estimate of drug-likeness (QED) is 0.520. The summed E-state index contributed by atoms with van der Waals surface area (Å²) in [4.78, 5) is 33.9. The normalized spacial score (nSPS) is 17.6. The Hall–Kier alpha value is -3.24. The van der Waals surface area contributed by atoms with Crippen molar-refractivity contribution >= 4 is 22.6 Å². The summed E-state index contributed by atoms with van der Waals surface area (Å²) >= 11 is 0. The van der Waals surface area contributed by atoms with E-state index in [2.05, 4.69) is 15.0 Å². The van der Waals surface area contributed by atoms with Gasteiger partial charge in [0, 0.05) is 45.4 Å². The van der Waals surface area contributed by atoms with Crippen LogP contribution in [0.3, 0.4) is 0 Å². The highest BCUT2D eigenvalue weighted by atomic mass is 16.5. The zero-order chi connectivity index (χ0) is 24.6. The van der Waals surface area contributed by atoms with Gasteiger partial charge in [-0.2, -0.15) is 5.10 Å². The number of benzene rings is 1. The molecule has 1 saturated carbocycles.